The molecule has 0 fully saturated rings. The van der Waals surface area contributed by atoms with E-state index in [2.05, 4.69) is 5.32 Å². The van der Waals surface area contributed by atoms with Crippen molar-refractivity contribution in [3.05, 3.63) is 65.5 Å². The van der Waals surface area contributed by atoms with Gasteiger partial charge in [-0.3, -0.25) is 0 Å². The number of ether oxygens (including phenoxy) is 2. The van der Waals surface area contributed by atoms with Crippen LogP contribution in [0.1, 0.15) is 37.7 Å². The van der Waals surface area contributed by atoms with Gasteiger partial charge in [0.25, 0.3) is 5.85 Å². The van der Waals surface area contributed by atoms with Gasteiger partial charge < -0.3 is 30.1 Å². The van der Waals surface area contributed by atoms with E-state index in [9.17, 15) is 25.1 Å². The molecule has 2 aromatic rings. The summed E-state index contributed by atoms with van der Waals surface area (Å²) in [5.74, 6) is 0.239. The minimum atomic E-state index is -3.45. The summed E-state index contributed by atoms with van der Waals surface area (Å²) in [6.07, 6.45) is 5.02. The normalized spacial score (nSPS) is 15.9. The summed E-state index contributed by atoms with van der Waals surface area (Å²) >= 11 is 0. The third-order valence-corrected chi connectivity index (χ3v) is 8.14. The van der Waals surface area contributed by atoms with Crippen LogP contribution in [-0.4, -0.2) is 56.8 Å². The summed E-state index contributed by atoms with van der Waals surface area (Å²) in [5.41, 5.74) is 0.350. The average molecular weight is 493 g/mol. The largest absolute Gasteiger partial charge is 0.508 e. The molecule has 2 atom stereocenters. The van der Waals surface area contributed by atoms with Crippen LogP contribution >= 0.6 is 7.72 Å². The molecule has 0 aliphatic heterocycles. The molecule has 1 unspecified atom stereocenters. The van der Waals surface area contributed by atoms with Crippen molar-refractivity contribution < 1.29 is 34.6 Å². The van der Waals surface area contributed by atoms with Gasteiger partial charge in [-0.15, -0.1) is 0 Å². The molecule has 0 bridgehead atoms. The van der Waals surface area contributed by atoms with E-state index in [0.29, 0.717) is 41.8 Å². The summed E-state index contributed by atoms with van der Waals surface area (Å²) in [5, 5.41) is 32.9. The molecule has 0 heterocycles. The molecule has 9 heteroatoms. The van der Waals surface area contributed by atoms with E-state index in [1.807, 2.05) is 24.3 Å². The number of aliphatic hydroxyl groups excluding tert-OH is 2. The fourth-order valence-electron chi connectivity index (χ4n) is 3.80. The van der Waals surface area contributed by atoms with E-state index >= 15 is 0 Å². The average Bonchev–Trinajstić information content (AvgIpc) is 2.86. The van der Waals surface area contributed by atoms with Crippen LogP contribution < -0.4 is 14.8 Å². The Morgan fingerprint density at radius 2 is 1.82 bits per heavy atom. The molecule has 186 valence electrons. The Bertz CT molecular complexity index is 923. The number of aliphatic hydroxyl groups is 2. The highest BCUT2D eigenvalue weighted by Crippen LogP contribution is 2.65. The van der Waals surface area contributed by atoms with Gasteiger partial charge in [-0.2, -0.15) is 0 Å². The van der Waals surface area contributed by atoms with Crippen LogP contribution in [0.2, 0.25) is 0 Å². The van der Waals surface area contributed by atoms with Gasteiger partial charge in [0, 0.05) is 31.5 Å². The number of para-hydroxylation sites is 1. The summed E-state index contributed by atoms with van der Waals surface area (Å²) in [7, 11) is -3.45. The van der Waals surface area contributed by atoms with Gasteiger partial charge in [-0.05, 0) is 55.7 Å². The first-order valence-corrected chi connectivity index (χ1v) is 13.4. The van der Waals surface area contributed by atoms with Gasteiger partial charge in [0.15, 0.2) is 0 Å². The maximum Gasteiger partial charge on any atom is 0.337 e. The van der Waals surface area contributed by atoms with Gasteiger partial charge in [0.2, 0.25) is 0 Å². The number of nitrogens with one attached hydrogen (secondary N) is 1. The number of phenols is 1. The van der Waals surface area contributed by atoms with Crippen molar-refractivity contribution in [3.63, 3.8) is 0 Å². The maximum absolute atomic E-state index is 11.1. The minimum Gasteiger partial charge on any atom is -0.508 e. The molecule has 0 spiro atoms. The van der Waals surface area contributed by atoms with Crippen LogP contribution in [-0.2, 0) is 6.61 Å². The SMILES string of the molecule is OCc1cc(OCC(O)CNCC[C@@H](Oc2ccccc2)[P+](O)(O)C2=CCCCC2)ccc1O. The van der Waals surface area contributed by atoms with Gasteiger partial charge >= 0.3 is 7.72 Å². The van der Waals surface area contributed by atoms with Gasteiger partial charge in [-0.25, -0.2) is 9.79 Å². The Balaban J connectivity index is 1.50. The summed E-state index contributed by atoms with van der Waals surface area (Å²) in [4.78, 5) is 22.2. The van der Waals surface area contributed by atoms with Crippen molar-refractivity contribution in [1.82, 2.24) is 5.32 Å². The Labute approximate surface area is 201 Å². The smallest absolute Gasteiger partial charge is 0.337 e. The molecular weight excluding hydrogens is 457 g/mol. The maximum atomic E-state index is 11.1. The Hall–Kier alpha value is -2.19. The minimum absolute atomic E-state index is 0.0139. The number of aromatic hydroxyl groups is 1. The highest BCUT2D eigenvalue weighted by atomic mass is 31.2. The molecule has 0 aromatic heterocycles. The number of hydrogen-bond donors (Lipinski definition) is 6. The van der Waals surface area contributed by atoms with E-state index in [1.54, 1.807) is 18.2 Å². The molecular formula is C25H35NO7P+. The van der Waals surface area contributed by atoms with E-state index in [0.717, 1.165) is 19.3 Å². The van der Waals surface area contributed by atoms with E-state index < -0.39 is 19.7 Å². The molecule has 0 radical (unpaired) electrons. The first-order chi connectivity index (χ1) is 16.4. The third-order valence-electron chi connectivity index (χ3n) is 5.72. The second kappa shape index (κ2) is 13.0. The van der Waals surface area contributed by atoms with Crippen molar-refractivity contribution in [2.75, 3.05) is 19.7 Å². The van der Waals surface area contributed by atoms with Crippen LogP contribution in [0, 0.1) is 0 Å². The van der Waals surface area contributed by atoms with E-state index in [-0.39, 0.29) is 25.5 Å². The van der Waals surface area contributed by atoms with Crippen LogP contribution in [0.4, 0.5) is 0 Å². The molecule has 1 aliphatic rings. The summed E-state index contributed by atoms with van der Waals surface area (Å²) in [6.45, 7) is 0.374. The zero-order valence-electron chi connectivity index (χ0n) is 19.2. The van der Waals surface area contributed by atoms with E-state index in [4.69, 9.17) is 9.47 Å². The molecule has 6 N–H and O–H groups in total. The highest BCUT2D eigenvalue weighted by Gasteiger charge is 2.50. The molecule has 3 rings (SSSR count). The van der Waals surface area contributed by atoms with Crippen molar-refractivity contribution in [2.45, 2.75) is 50.7 Å². The van der Waals surface area contributed by atoms with Crippen LogP contribution in [0.25, 0.3) is 0 Å². The second-order valence-electron chi connectivity index (χ2n) is 8.38. The molecule has 0 amide bonds. The number of hydrogen-bond acceptors (Lipinski definition) is 8. The molecule has 2 aromatic carbocycles. The van der Waals surface area contributed by atoms with Crippen molar-refractivity contribution in [1.29, 1.82) is 0 Å². The molecule has 8 nitrogen and oxygen atoms in total. The number of allylic oxidation sites excluding steroid dienone is 2. The zero-order valence-corrected chi connectivity index (χ0v) is 20.1. The van der Waals surface area contributed by atoms with E-state index in [1.165, 1.54) is 12.1 Å². The molecule has 0 saturated heterocycles. The van der Waals surface area contributed by atoms with Gasteiger partial charge in [0.1, 0.15) is 35.3 Å². The third kappa shape index (κ3) is 7.67. The fourth-order valence-corrected chi connectivity index (χ4v) is 5.81. The van der Waals surface area contributed by atoms with Crippen LogP contribution in [0.15, 0.2) is 59.9 Å². The summed E-state index contributed by atoms with van der Waals surface area (Å²) in [6, 6.07) is 13.7. The lowest BCUT2D eigenvalue weighted by molar-refractivity contribution is 0.105. The quantitative estimate of drug-likeness (QED) is 0.186. The Morgan fingerprint density at radius 3 is 2.53 bits per heavy atom. The zero-order chi connectivity index (χ0) is 24.4. The second-order valence-corrected chi connectivity index (χ2v) is 10.8. The lowest BCUT2D eigenvalue weighted by atomic mass is 10.1. The number of benzene rings is 2. The number of rotatable bonds is 13. The van der Waals surface area contributed by atoms with Crippen molar-refractivity contribution in [3.8, 4) is 17.2 Å². The van der Waals surface area contributed by atoms with Gasteiger partial charge in [0.05, 0.1) is 6.61 Å². The van der Waals surface area contributed by atoms with Gasteiger partial charge in [-0.1, -0.05) is 18.2 Å². The lowest BCUT2D eigenvalue weighted by Crippen LogP contribution is -2.34. The topological polar surface area (TPSA) is 132 Å². The Kier molecular flexibility index (Phi) is 10.1. The van der Waals surface area contributed by atoms with Crippen LogP contribution in [0.3, 0.4) is 0 Å². The van der Waals surface area contributed by atoms with Crippen molar-refractivity contribution >= 4 is 7.72 Å². The first-order valence-electron chi connectivity index (χ1n) is 11.6. The standard InChI is InChI=1S/C25H34NO7P/c27-17-19-15-22(11-12-24(19)29)32-18-20(28)16-26-14-13-25(33-21-7-3-1-4-8-21)34(30,31)23-9-5-2-6-10-23/h1,3-4,7-9,11-12,15,20,25-28,30-31H,2,5-6,10,13-14,16-18H2/p+1/t20?,25-/m0/s1. The van der Waals surface area contributed by atoms with Crippen LogP contribution in [0.5, 0.6) is 17.2 Å². The van der Waals surface area contributed by atoms with Crippen molar-refractivity contribution in [2.24, 2.45) is 0 Å². The highest BCUT2D eigenvalue weighted by molar-refractivity contribution is 7.69. The summed E-state index contributed by atoms with van der Waals surface area (Å²) < 4.78 is 11.6. The fraction of sp³-hybridized carbons (Fsp3) is 0.440. The monoisotopic (exact) mass is 492 g/mol. The predicted octanol–water partition coefficient (Wildman–Crippen LogP) is 3.30. The predicted molar refractivity (Wildman–Crippen MR) is 132 cm³/mol. The molecule has 1 aliphatic carbocycles. The Morgan fingerprint density at radius 1 is 1.03 bits per heavy atom. The lowest BCUT2D eigenvalue weighted by Gasteiger charge is -2.26. The molecule has 0 saturated carbocycles. The first kappa shape index (κ1) is 26.4. The molecule has 34 heavy (non-hydrogen) atoms.